The quantitative estimate of drug-likeness (QED) is 0.0717. The average Bonchev–Trinajstić information content (AvgIpc) is 3.29. The zero-order valence-corrected chi connectivity index (χ0v) is 24.6. The van der Waals surface area contributed by atoms with E-state index in [1.165, 1.54) is 6.08 Å². The average molecular weight is 633 g/mol. The second-order valence-electron chi connectivity index (χ2n) is 10.7. The Morgan fingerprint density at radius 1 is 1.04 bits per heavy atom. The first-order valence-electron chi connectivity index (χ1n) is 14.6. The lowest BCUT2D eigenvalue weighted by atomic mass is 9.89. The van der Waals surface area contributed by atoms with Crippen LogP contribution in [0, 0.1) is 22.0 Å². The zero-order chi connectivity index (χ0) is 32.7. The molecule has 0 radical (unpaired) electrons. The molecule has 1 fully saturated rings. The van der Waals surface area contributed by atoms with E-state index in [1.807, 2.05) is 6.08 Å². The SMILES string of the molecule is O=C(CCC/C=C\C[C@@H]1[C@@H](/C=C/C(F)(F)COc2ccccc2)[C@H](O)C[C@@H]1O)NCC(=O)OCc1cccc(CO[N+](=O)[O-])c1. The second kappa shape index (κ2) is 17.8. The maximum absolute atomic E-state index is 14.4. The number of hydrogen-bond donors (Lipinski definition) is 3. The number of nitrogens with zero attached hydrogens (tertiary/aromatic N) is 1. The van der Waals surface area contributed by atoms with Crippen molar-refractivity contribution in [1.29, 1.82) is 0 Å². The molecule has 45 heavy (non-hydrogen) atoms. The Morgan fingerprint density at radius 2 is 1.78 bits per heavy atom. The number of unbranched alkanes of at least 4 members (excludes halogenated alkanes) is 1. The number of aliphatic hydroxyl groups is 2. The lowest BCUT2D eigenvalue weighted by Crippen LogP contribution is -2.30. The van der Waals surface area contributed by atoms with Crippen molar-refractivity contribution in [2.75, 3.05) is 13.2 Å². The molecule has 3 rings (SSSR count). The highest BCUT2D eigenvalue weighted by Crippen LogP contribution is 2.37. The van der Waals surface area contributed by atoms with Gasteiger partial charge in [0.1, 0.15) is 25.5 Å². The zero-order valence-electron chi connectivity index (χ0n) is 24.6. The van der Waals surface area contributed by atoms with Gasteiger partial charge in [-0.25, -0.2) is 0 Å². The van der Waals surface area contributed by atoms with Crippen molar-refractivity contribution in [2.24, 2.45) is 11.8 Å². The molecular formula is C32H38F2N2O9. The Hall–Kier alpha value is -4.36. The van der Waals surface area contributed by atoms with Crippen molar-refractivity contribution in [2.45, 2.75) is 63.4 Å². The molecule has 0 heterocycles. The van der Waals surface area contributed by atoms with Crippen molar-refractivity contribution in [3.8, 4) is 5.75 Å². The molecule has 0 saturated heterocycles. The predicted molar refractivity (Wildman–Crippen MR) is 158 cm³/mol. The molecule has 2 aromatic carbocycles. The molecule has 0 aromatic heterocycles. The topological polar surface area (TPSA) is 157 Å². The standard InChI is InChI=1S/C32H38F2N2O9/c33-32(34,22-44-25-11-4-3-5-12-25)16-15-27-26(28(37)18-29(27)38)13-6-1-2-7-14-30(39)35-19-31(40)43-20-23-9-8-10-24(17-23)21-45-36(41)42/h1,3-6,8-12,15-17,26-29,37-38H,2,7,13-14,18-22H2,(H,35,39)/b6-1-,16-15+/t26-,27-,28+,29-/m1/s1. The summed E-state index contributed by atoms with van der Waals surface area (Å²) in [6.45, 7) is -1.46. The first kappa shape index (κ1) is 35.1. The minimum Gasteiger partial charge on any atom is -0.487 e. The third-order valence-electron chi connectivity index (χ3n) is 7.16. The summed E-state index contributed by atoms with van der Waals surface area (Å²) in [5.41, 5.74) is 1.15. The number of halogens is 2. The van der Waals surface area contributed by atoms with E-state index < -0.39 is 47.6 Å². The van der Waals surface area contributed by atoms with Crippen LogP contribution in [0.1, 0.15) is 43.2 Å². The number of amides is 1. The van der Waals surface area contributed by atoms with Gasteiger partial charge in [-0.2, -0.15) is 8.78 Å². The highest BCUT2D eigenvalue weighted by atomic mass is 19.3. The Kier molecular flexibility index (Phi) is 13.9. The van der Waals surface area contributed by atoms with Crippen LogP contribution in [0.25, 0.3) is 0 Å². The fourth-order valence-corrected chi connectivity index (χ4v) is 4.86. The maximum Gasteiger partial charge on any atom is 0.325 e. The van der Waals surface area contributed by atoms with Crippen LogP contribution in [0.15, 0.2) is 78.9 Å². The van der Waals surface area contributed by atoms with Crippen LogP contribution in [0.3, 0.4) is 0 Å². The van der Waals surface area contributed by atoms with Crippen molar-refractivity contribution in [1.82, 2.24) is 5.32 Å². The lowest BCUT2D eigenvalue weighted by Gasteiger charge is -2.20. The first-order valence-corrected chi connectivity index (χ1v) is 14.6. The number of nitrogens with one attached hydrogen (secondary N) is 1. The summed E-state index contributed by atoms with van der Waals surface area (Å²) in [5, 5.41) is 32.7. The van der Waals surface area contributed by atoms with Gasteiger partial charge in [0.25, 0.3) is 11.0 Å². The van der Waals surface area contributed by atoms with Gasteiger partial charge in [-0.1, -0.05) is 60.7 Å². The Bertz CT molecular complexity index is 1310. The molecule has 2 aromatic rings. The smallest absolute Gasteiger partial charge is 0.325 e. The van der Waals surface area contributed by atoms with Gasteiger partial charge < -0.3 is 29.8 Å². The van der Waals surface area contributed by atoms with Gasteiger partial charge in [-0.15, -0.1) is 10.1 Å². The molecular weight excluding hydrogens is 594 g/mol. The fraction of sp³-hybridized carbons (Fsp3) is 0.438. The molecule has 1 aliphatic rings. The number of carbonyl (C=O) groups is 2. The monoisotopic (exact) mass is 632 g/mol. The van der Waals surface area contributed by atoms with E-state index in [0.29, 0.717) is 36.1 Å². The molecule has 4 atom stereocenters. The Balaban J connectivity index is 1.33. The number of benzene rings is 2. The molecule has 0 bridgehead atoms. The lowest BCUT2D eigenvalue weighted by molar-refractivity contribution is -0.763. The summed E-state index contributed by atoms with van der Waals surface area (Å²) in [5.74, 6) is -5.00. The Labute approximate surface area is 259 Å². The molecule has 0 spiro atoms. The Morgan fingerprint density at radius 3 is 2.51 bits per heavy atom. The predicted octanol–water partition coefficient (Wildman–Crippen LogP) is 4.30. The van der Waals surface area contributed by atoms with Gasteiger partial charge in [0.05, 0.1) is 12.2 Å². The second-order valence-corrected chi connectivity index (χ2v) is 10.7. The van der Waals surface area contributed by atoms with E-state index in [0.717, 1.165) is 6.08 Å². The number of carbonyl (C=O) groups excluding carboxylic acids is 2. The molecule has 3 N–H and O–H groups in total. The van der Waals surface area contributed by atoms with Gasteiger partial charge in [0.2, 0.25) is 5.91 Å². The summed E-state index contributed by atoms with van der Waals surface area (Å²) >= 11 is 0. The van der Waals surface area contributed by atoms with E-state index in [4.69, 9.17) is 9.47 Å². The maximum atomic E-state index is 14.4. The van der Waals surface area contributed by atoms with Gasteiger partial charge in [-0.3, -0.25) is 9.59 Å². The molecule has 1 saturated carbocycles. The van der Waals surface area contributed by atoms with Gasteiger partial charge >= 0.3 is 5.97 Å². The number of hydrogen-bond acceptors (Lipinski definition) is 9. The molecule has 244 valence electrons. The molecule has 11 nitrogen and oxygen atoms in total. The summed E-state index contributed by atoms with van der Waals surface area (Å²) in [6, 6.07) is 14.9. The summed E-state index contributed by atoms with van der Waals surface area (Å²) < 4.78 is 39.1. The highest BCUT2D eigenvalue weighted by Gasteiger charge is 2.40. The number of aliphatic hydroxyl groups excluding tert-OH is 2. The molecule has 0 aliphatic heterocycles. The first-order chi connectivity index (χ1) is 21.5. The third-order valence-corrected chi connectivity index (χ3v) is 7.16. The van der Waals surface area contributed by atoms with Gasteiger partial charge in [0.15, 0.2) is 6.61 Å². The van der Waals surface area contributed by atoms with Crippen LogP contribution >= 0.6 is 0 Å². The van der Waals surface area contributed by atoms with E-state index in [1.54, 1.807) is 60.7 Å². The van der Waals surface area contributed by atoms with Crippen LogP contribution in [0.2, 0.25) is 0 Å². The summed E-state index contributed by atoms with van der Waals surface area (Å²) in [7, 11) is 0. The molecule has 13 heteroatoms. The van der Waals surface area contributed by atoms with Crippen LogP contribution in [-0.4, -0.2) is 58.5 Å². The minimum atomic E-state index is -3.26. The van der Waals surface area contributed by atoms with Crippen molar-refractivity contribution >= 4 is 11.9 Å². The molecule has 1 amide bonds. The normalized spacial score (nSPS) is 19.9. The third kappa shape index (κ3) is 13.0. The minimum absolute atomic E-state index is 0.0692. The van der Waals surface area contributed by atoms with E-state index >= 15 is 0 Å². The molecule has 0 unspecified atom stereocenters. The largest absolute Gasteiger partial charge is 0.487 e. The van der Waals surface area contributed by atoms with Crippen LogP contribution < -0.4 is 10.1 Å². The van der Waals surface area contributed by atoms with Gasteiger partial charge in [-0.05, 0) is 54.5 Å². The van der Waals surface area contributed by atoms with E-state index in [2.05, 4.69) is 10.2 Å². The van der Waals surface area contributed by atoms with E-state index in [9.17, 15) is 38.7 Å². The number of alkyl halides is 2. The van der Waals surface area contributed by atoms with Crippen molar-refractivity contribution in [3.63, 3.8) is 0 Å². The van der Waals surface area contributed by atoms with E-state index in [-0.39, 0.29) is 38.5 Å². The van der Waals surface area contributed by atoms with Crippen LogP contribution in [0.5, 0.6) is 5.75 Å². The van der Waals surface area contributed by atoms with Crippen molar-refractivity contribution < 1.29 is 48.0 Å². The number of allylic oxidation sites excluding steroid dienone is 2. The number of para-hydroxylation sites is 1. The number of ether oxygens (including phenoxy) is 2. The number of rotatable bonds is 18. The highest BCUT2D eigenvalue weighted by molar-refractivity contribution is 5.81. The summed E-state index contributed by atoms with van der Waals surface area (Å²) in [6.07, 6.45) is 5.46. The van der Waals surface area contributed by atoms with Gasteiger partial charge in [0, 0.05) is 18.8 Å². The number of esters is 1. The van der Waals surface area contributed by atoms with Crippen LogP contribution in [0.4, 0.5) is 8.78 Å². The fourth-order valence-electron chi connectivity index (χ4n) is 4.86. The van der Waals surface area contributed by atoms with Crippen LogP contribution in [-0.2, 0) is 32.4 Å². The summed E-state index contributed by atoms with van der Waals surface area (Å²) in [4.78, 5) is 38.7. The molecule has 1 aliphatic carbocycles. The van der Waals surface area contributed by atoms with Crippen molar-refractivity contribution in [3.05, 3.63) is 100 Å².